The Hall–Kier alpha value is -4.18. The van der Waals surface area contributed by atoms with Gasteiger partial charge in [0.15, 0.2) is 5.82 Å². The zero-order chi connectivity index (χ0) is 24.3. The van der Waals surface area contributed by atoms with Crippen molar-refractivity contribution in [2.45, 2.75) is 6.92 Å². The highest BCUT2D eigenvalue weighted by Gasteiger charge is 2.16. The molecule has 0 aliphatic carbocycles. The zero-order valence-electron chi connectivity index (χ0n) is 18.8. The van der Waals surface area contributed by atoms with Crippen molar-refractivity contribution < 1.29 is 13.2 Å². The Morgan fingerprint density at radius 1 is 1.29 bits per heavy atom. The fraction of sp³-hybridized carbons (Fsp3) is 0.286. The summed E-state index contributed by atoms with van der Waals surface area (Å²) in [7, 11) is -1.31. The van der Waals surface area contributed by atoms with Crippen LogP contribution < -0.4 is 15.4 Å². The van der Waals surface area contributed by atoms with Crippen LogP contribution in [0.1, 0.15) is 12.5 Å². The molecular weight excluding hydrogens is 458 g/mol. The fourth-order valence-electron chi connectivity index (χ4n) is 3.36. The summed E-state index contributed by atoms with van der Waals surface area (Å²) in [6.45, 7) is 2.46. The molecule has 3 aromatic heterocycles. The van der Waals surface area contributed by atoms with Gasteiger partial charge in [0.1, 0.15) is 39.4 Å². The van der Waals surface area contributed by atoms with Crippen LogP contribution in [0.25, 0.3) is 22.4 Å². The molecular formula is C21H23N9O3S. The van der Waals surface area contributed by atoms with Crippen molar-refractivity contribution in [3.63, 3.8) is 0 Å². The second kappa shape index (κ2) is 9.36. The van der Waals surface area contributed by atoms with Gasteiger partial charge in [-0.25, -0.2) is 8.42 Å². The van der Waals surface area contributed by atoms with Gasteiger partial charge < -0.3 is 24.9 Å². The van der Waals surface area contributed by atoms with Crippen LogP contribution in [-0.4, -0.2) is 63.3 Å². The number of sulfone groups is 1. The molecule has 4 aromatic rings. The second-order valence-electron chi connectivity index (χ2n) is 7.52. The third-order valence-electron chi connectivity index (χ3n) is 4.91. The van der Waals surface area contributed by atoms with E-state index in [-0.39, 0.29) is 18.2 Å². The minimum Gasteiger partial charge on any atom is -0.492 e. The predicted octanol–water partition coefficient (Wildman–Crippen LogP) is 2.22. The summed E-state index contributed by atoms with van der Waals surface area (Å²) in [5, 5.41) is 24.1. The van der Waals surface area contributed by atoms with Crippen LogP contribution in [0.15, 0.2) is 30.7 Å². The lowest BCUT2D eigenvalue weighted by atomic mass is 10.1. The molecule has 13 heteroatoms. The molecule has 0 saturated heterocycles. The first-order valence-electron chi connectivity index (χ1n) is 10.4. The van der Waals surface area contributed by atoms with Gasteiger partial charge in [-0.2, -0.15) is 15.2 Å². The number of nitrogens with zero attached hydrogens (tertiary/aromatic N) is 6. The Balaban J connectivity index is 1.70. The van der Waals surface area contributed by atoms with E-state index >= 15 is 0 Å². The highest BCUT2D eigenvalue weighted by molar-refractivity contribution is 7.90. The molecule has 1 aromatic carbocycles. The van der Waals surface area contributed by atoms with E-state index < -0.39 is 9.84 Å². The minimum absolute atomic E-state index is 0.0778. The van der Waals surface area contributed by atoms with Crippen LogP contribution in [0.5, 0.6) is 5.75 Å². The van der Waals surface area contributed by atoms with Gasteiger partial charge >= 0.3 is 0 Å². The Labute approximate surface area is 195 Å². The maximum atomic E-state index is 11.5. The number of hydrogen-bond acceptors (Lipinski definition) is 10. The van der Waals surface area contributed by atoms with Crippen molar-refractivity contribution in [1.29, 1.82) is 5.26 Å². The smallest absolute Gasteiger partial charge is 0.231 e. The number of nitriles is 1. The Bertz CT molecular complexity index is 1490. The molecule has 0 radical (unpaired) electrons. The average molecular weight is 482 g/mol. The Morgan fingerprint density at radius 2 is 2.12 bits per heavy atom. The summed E-state index contributed by atoms with van der Waals surface area (Å²) in [4.78, 5) is 11.9. The molecule has 0 aliphatic heterocycles. The monoisotopic (exact) mass is 481 g/mol. The molecule has 0 saturated carbocycles. The summed E-state index contributed by atoms with van der Waals surface area (Å²) in [5.41, 5.74) is 2.24. The molecule has 0 amide bonds. The van der Waals surface area contributed by atoms with E-state index in [1.807, 2.05) is 36.7 Å². The van der Waals surface area contributed by atoms with Crippen molar-refractivity contribution >= 4 is 38.3 Å². The first-order valence-corrected chi connectivity index (χ1v) is 12.4. The molecule has 0 aliphatic rings. The first-order chi connectivity index (χ1) is 16.3. The number of hydrogen-bond donors (Lipinski definition) is 3. The lowest BCUT2D eigenvalue weighted by molar-refractivity contribution is 0.342. The van der Waals surface area contributed by atoms with Crippen LogP contribution in [0, 0.1) is 11.3 Å². The lowest BCUT2D eigenvalue weighted by Gasteiger charge is -2.14. The van der Waals surface area contributed by atoms with Crippen LogP contribution in [0.3, 0.4) is 0 Å². The summed E-state index contributed by atoms with van der Waals surface area (Å²) in [5.74, 6) is 1.78. The molecule has 0 bridgehead atoms. The summed E-state index contributed by atoms with van der Waals surface area (Å²) in [6, 6.07) is 7.65. The molecule has 176 valence electrons. The van der Waals surface area contributed by atoms with Crippen LogP contribution in [0.2, 0.25) is 0 Å². The van der Waals surface area contributed by atoms with Crippen LogP contribution >= 0.6 is 0 Å². The number of benzene rings is 1. The molecule has 3 heterocycles. The number of rotatable bonds is 9. The third kappa shape index (κ3) is 4.91. The largest absolute Gasteiger partial charge is 0.492 e. The van der Waals surface area contributed by atoms with Crippen LogP contribution in [0.4, 0.5) is 17.5 Å². The number of anilines is 3. The second-order valence-corrected chi connectivity index (χ2v) is 9.78. The van der Waals surface area contributed by atoms with Crippen molar-refractivity contribution in [1.82, 2.24) is 29.7 Å². The number of aryl methyl sites for hydroxylation is 1. The van der Waals surface area contributed by atoms with E-state index in [0.717, 1.165) is 11.8 Å². The zero-order valence-corrected chi connectivity index (χ0v) is 19.6. The van der Waals surface area contributed by atoms with Gasteiger partial charge in [0.05, 0.1) is 29.0 Å². The van der Waals surface area contributed by atoms with Gasteiger partial charge in [0.2, 0.25) is 5.95 Å². The van der Waals surface area contributed by atoms with Gasteiger partial charge in [0, 0.05) is 31.6 Å². The number of nitrogens with one attached hydrogen (secondary N) is 3. The van der Waals surface area contributed by atoms with Crippen LogP contribution in [-0.2, 0) is 16.9 Å². The molecule has 4 rings (SSSR count). The SMILES string of the molecule is CCOc1cc(-c2nncn2C)ccc1Nc1nc(NCCS(C)(=O)=O)c2c(C#N)c[nH]c2n1. The van der Waals surface area contributed by atoms with E-state index in [4.69, 9.17) is 4.74 Å². The fourth-order valence-corrected chi connectivity index (χ4v) is 3.84. The van der Waals surface area contributed by atoms with E-state index in [9.17, 15) is 13.7 Å². The molecule has 3 N–H and O–H groups in total. The highest BCUT2D eigenvalue weighted by Crippen LogP contribution is 2.33. The summed E-state index contributed by atoms with van der Waals surface area (Å²) < 4.78 is 30.7. The maximum absolute atomic E-state index is 11.5. The van der Waals surface area contributed by atoms with Gasteiger partial charge in [-0.1, -0.05) is 0 Å². The predicted molar refractivity (Wildman–Crippen MR) is 128 cm³/mol. The Kier molecular flexibility index (Phi) is 6.33. The quantitative estimate of drug-likeness (QED) is 0.323. The lowest BCUT2D eigenvalue weighted by Crippen LogP contribution is -2.15. The molecule has 0 unspecified atom stereocenters. The van der Waals surface area contributed by atoms with E-state index in [1.165, 1.54) is 6.20 Å². The molecule has 34 heavy (non-hydrogen) atoms. The van der Waals surface area contributed by atoms with E-state index in [1.54, 1.807) is 6.33 Å². The number of aromatic nitrogens is 6. The maximum Gasteiger partial charge on any atom is 0.231 e. The molecule has 0 spiro atoms. The van der Waals surface area contributed by atoms with Crippen molar-refractivity contribution in [2.75, 3.05) is 35.8 Å². The third-order valence-corrected chi connectivity index (χ3v) is 5.86. The topological polar surface area (TPSA) is 164 Å². The normalized spacial score (nSPS) is 11.4. The summed E-state index contributed by atoms with van der Waals surface area (Å²) >= 11 is 0. The van der Waals surface area contributed by atoms with E-state index in [2.05, 4.69) is 41.9 Å². The molecule has 12 nitrogen and oxygen atoms in total. The minimum atomic E-state index is -3.17. The number of aromatic amines is 1. The van der Waals surface area contributed by atoms with Crippen molar-refractivity contribution in [3.8, 4) is 23.2 Å². The number of ether oxygens (including phenoxy) is 1. The van der Waals surface area contributed by atoms with E-state index in [0.29, 0.717) is 46.3 Å². The standard InChI is InChI=1S/C21H23N9O3S/c1-4-33-16-9-13(20-29-25-12-30(20)2)5-6-15(16)26-21-27-18(23-7-8-34(3,31)32)17-14(10-22)11-24-19(17)28-21/h5-6,9,11-12H,4,7-8H2,1-3H3,(H3,23,24,26,27,28). The van der Waals surface area contributed by atoms with Crippen molar-refractivity contribution in [2.24, 2.45) is 7.05 Å². The molecule has 0 atom stereocenters. The summed E-state index contributed by atoms with van der Waals surface area (Å²) in [6.07, 6.45) is 4.31. The van der Waals surface area contributed by atoms with Gasteiger partial charge in [-0.15, -0.1) is 10.2 Å². The Morgan fingerprint density at radius 3 is 2.79 bits per heavy atom. The highest BCUT2D eigenvalue weighted by atomic mass is 32.2. The van der Waals surface area contributed by atoms with Gasteiger partial charge in [-0.3, -0.25) is 0 Å². The van der Waals surface area contributed by atoms with Gasteiger partial charge in [-0.05, 0) is 25.1 Å². The number of fused-ring (bicyclic) bond motifs is 1. The van der Waals surface area contributed by atoms with Crippen molar-refractivity contribution in [3.05, 3.63) is 36.3 Å². The first kappa shape index (κ1) is 23.0. The molecule has 0 fully saturated rings. The average Bonchev–Trinajstić information content (AvgIpc) is 3.40. The van der Waals surface area contributed by atoms with Gasteiger partial charge in [0.25, 0.3) is 0 Å². The number of H-pyrrole nitrogens is 1.